The normalized spacial score (nSPS) is 14.6. The van der Waals surface area contributed by atoms with Gasteiger partial charge in [0.15, 0.2) is 5.75 Å². The quantitative estimate of drug-likeness (QED) is 0.219. The summed E-state index contributed by atoms with van der Waals surface area (Å²) in [5.41, 5.74) is 3.53. The molecular formula is C28H28Br2O5. The smallest absolute Gasteiger partial charge is 0.308 e. The van der Waals surface area contributed by atoms with Gasteiger partial charge < -0.3 is 19.3 Å². The summed E-state index contributed by atoms with van der Waals surface area (Å²) in [6, 6.07) is 15.0. The van der Waals surface area contributed by atoms with E-state index in [-0.39, 0.29) is 0 Å². The first-order valence-corrected chi connectivity index (χ1v) is 13.2. The monoisotopic (exact) mass is 602 g/mol. The number of aliphatic hydroxyl groups excluding tert-OH is 1. The van der Waals surface area contributed by atoms with Crippen molar-refractivity contribution in [3.63, 3.8) is 0 Å². The van der Waals surface area contributed by atoms with Crippen LogP contribution in [-0.4, -0.2) is 18.2 Å². The minimum atomic E-state index is -0.908. The number of halogens is 2. The summed E-state index contributed by atoms with van der Waals surface area (Å²) in [6.07, 6.45) is 3.66. The largest absolute Gasteiger partial charge is 0.496 e. The molecule has 7 heteroatoms. The van der Waals surface area contributed by atoms with Gasteiger partial charge in [0.2, 0.25) is 0 Å². The summed E-state index contributed by atoms with van der Waals surface area (Å²) >= 11 is 7.08. The molecule has 3 aromatic carbocycles. The summed E-state index contributed by atoms with van der Waals surface area (Å²) < 4.78 is 18.7. The van der Waals surface area contributed by atoms with Crippen molar-refractivity contribution < 1.29 is 24.1 Å². The van der Waals surface area contributed by atoms with Crippen molar-refractivity contribution >= 4 is 37.8 Å². The molecule has 0 radical (unpaired) electrons. The number of methoxy groups -OCH3 is 1. The number of hydrogen-bond donors (Lipinski definition) is 1. The van der Waals surface area contributed by atoms with Crippen LogP contribution in [-0.2, 0) is 4.79 Å². The van der Waals surface area contributed by atoms with Gasteiger partial charge in [0.1, 0.15) is 23.4 Å². The zero-order valence-electron chi connectivity index (χ0n) is 19.9. The number of carbonyl (C=O) groups excluding carboxylic acids is 1. The first-order valence-electron chi connectivity index (χ1n) is 11.6. The highest BCUT2D eigenvalue weighted by Gasteiger charge is 2.26. The summed E-state index contributed by atoms with van der Waals surface area (Å²) in [6.45, 7) is 3.35. The zero-order valence-corrected chi connectivity index (χ0v) is 23.1. The van der Waals surface area contributed by atoms with Gasteiger partial charge in [0.25, 0.3) is 0 Å². The maximum Gasteiger partial charge on any atom is 0.308 e. The van der Waals surface area contributed by atoms with Gasteiger partial charge in [0.05, 0.1) is 16.1 Å². The highest BCUT2D eigenvalue weighted by atomic mass is 79.9. The molecule has 0 bridgehead atoms. The first kappa shape index (κ1) is 25.7. The van der Waals surface area contributed by atoms with E-state index in [4.69, 9.17) is 14.2 Å². The van der Waals surface area contributed by atoms with E-state index in [1.54, 1.807) is 19.2 Å². The third kappa shape index (κ3) is 5.90. The van der Waals surface area contributed by atoms with Gasteiger partial charge >= 0.3 is 5.97 Å². The van der Waals surface area contributed by atoms with Crippen LogP contribution in [0.2, 0.25) is 0 Å². The van der Waals surface area contributed by atoms with Crippen LogP contribution in [0.5, 0.6) is 23.0 Å². The molecule has 0 aliphatic heterocycles. The molecule has 1 aliphatic rings. The van der Waals surface area contributed by atoms with Crippen LogP contribution in [0.25, 0.3) is 0 Å². The lowest BCUT2D eigenvalue weighted by Crippen LogP contribution is -2.07. The maximum atomic E-state index is 11.4. The molecule has 1 saturated carbocycles. The molecule has 4 rings (SSSR count). The summed E-state index contributed by atoms with van der Waals surface area (Å²) in [4.78, 5) is 11.4. The van der Waals surface area contributed by atoms with Crippen LogP contribution in [0.4, 0.5) is 0 Å². The summed E-state index contributed by atoms with van der Waals surface area (Å²) in [5.74, 6) is 2.19. The lowest BCUT2D eigenvalue weighted by atomic mass is 9.92. The second-order valence-corrected chi connectivity index (χ2v) is 10.6. The highest BCUT2D eigenvalue weighted by Crippen LogP contribution is 2.47. The molecule has 0 aromatic heterocycles. The lowest BCUT2D eigenvalue weighted by molar-refractivity contribution is -0.131. The van der Waals surface area contributed by atoms with Crippen LogP contribution in [0.1, 0.15) is 66.9 Å². The van der Waals surface area contributed by atoms with Gasteiger partial charge in [-0.1, -0.05) is 42.7 Å². The molecule has 1 N–H and O–H groups in total. The van der Waals surface area contributed by atoms with Crippen molar-refractivity contribution in [2.75, 3.05) is 7.11 Å². The van der Waals surface area contributed by atoms with E-state index in [0.29, 0.717) is 37.7 Å². The minimum Gasteiger partial charge on any atom is -0.496 e. The van der Waals surface area contributed by atoms with Gasteiger partial charge in [0, 0.05) is 18.1 Å². The third-order valence-electron chi connectivity index (χ3n) is 6.25. The predicted molar refractivity (Wildman–Crippen MR) is 143 cm³/mol. The predicted octanol–water partition coefficient (Wildman–Crippen LogP) is 7.99. The van der Waals surface area contributed by atoms with Gasteiger partial charge in [-0.05, 0) is 87.4 Å². The third-order valence-corrected chi connectivity index (χ3v) is 7.43. The van der Waals surface area contributed by atoms with Crippen LogP contribution in [0.15, 0.2) is 57.5 Å². The molecule has 0 amide bonds. The van der Waals surface area contributed by atoms with Crippen molar-refractivity contribution in [2.24, 2.45) is 0 Å². The molecule has 3 aromatic rings. The van der Waals surface area contributed by atoms with E-state index < -0.39 is 12.1 Å². The number of hydrogen-bond acceptors (Lipinski definition) is 5. The number of aryl methyl sites for hydroxylation is 1. The summed E-state index contributed by atoms with van der Waals surface area (Å²) in [5, 5.41) is 11.4. The van der Waals surface area contributed by atoms with Gasteiger partial charge in [-0.2, -0.15) is 0 Å². The molecule has 5 nitrogen and oxygen atoms in total. The Labute approximate surface area is 222 Å². The Hall–Kier alpha value is -2.35. The highest BCUT2D eigenvalue weighted by molar-refractivity contribution is 9.11. The fourth-order valence-corrected chi connectivity index (χ4v) is 5.92. The standard InChI is InChI=1S/C28H28Br2O5/c1-16-7-6-10-19(11-16)27(32)22-15-25(33-3)21(18-8-4-5-9-18)14-26(22)35-28-23(29)12-20(13-24(28)30)34-17(2)31/h6-7,10-15,18,27,32H,4-5,8-9H2,1-3H3. The van der Waals surface area contributed by atoms with Crippen LogP contribution < -0.4 is 14.2 Å². The van der Waals surface area contributed by atoms with Crippen LogP contribution in [0, 0.1) is 6.92 Å². The molecule has 184 valence electrons. The Morgan fingerprint density at radius 1 is 1.03 bits per heavy atom. The van der Waals surface area contributed by atoms with Gasteiger partial charge in [-0.3, -0.25) is 4.79 Å². The lowest BCUT2D eigenvalue weighted by Gasteiger charge is -2.23. The van der Waals surface area contributed by atoms with Crippen molar-refractivity contribution in [3.05, 3.63) is 79.7 Å². The fraction of sp³-hybridized carbons (Fsp3) is 0.321. The van der Waals surface area contributed by atoms with Crippen molar-refractivity contribution in [1.29, 1.82) is 0 Å². The molecule has 35 heavy (non-hydrogen) atoms. The van der Waals surface area contributed by atoms with Crippen molar-refractivity contribution in [2.45, 2.75) is 51.6 Å². The molecule has 1 aliphatic carbocycles. The zero-order chi connectivity index (χ0) is 25.1. The molecule has 0 heterocycles. The average Bonchev–Trinajstić information content (AvgIpc) is 3.35. The Morgan fingerprint density at radius 3 is 2.31 bits per heavy atom. The van der Waals surface area contributed by atoms with Crippen molar-refractivity contribution in [1.82, 2.24) is 0 Å². The summed E-state index contributed by atoms with van der Waals surface area (Å²) in [7, 11) is 1.66. The minimum absolute atomic E-state index is 0.385. The number of benzene rings is 3. The number of carbonyl (C=O) groups is 1. The molecule has 1 atom stereocenters. The molecule has 0 spiro atoms. The number of aliphatic hydroxyl groups is 1. The fourth-order valence-electron chi connectivity index (χ4n) is 4.61. The Kier molecular flexibility index (Phi) is 8.19. The van der Waals surface area contributed by atoms with Gasteiger partial charge in [-0.15, -0.1) is 0 Å². The number of rotatable bonds is 7. The second-order valence-electron chi connectivity index (χ2n) is 8.84. The average molecular weight is 604 g/mol. The Balaban J connectivity index is 1.82. The molecule has 0 saturated heterocycles. The first-order chi connectivity index (χ1) is 16.8. The molecule has 1 unspecified atom stereocenters. The van der Waals surface area contributed by atoms with Crippen molar-refractivity contribution in [3.8, 4) is 23.0 Å². The van der Waals surface area contributed by atoms with E-state index in [2.05, 4.69) is 31.9 Å². The number of ether oxygens (including phenoxy) is 3. The molecular weight excluding hydrogens is 576 g/mol. The number of esters is 1. The Bertz CT molecular complexity index is 1210. The van der Waals surface area contributed by atoms with E-state index in [1.165, 1.54) is 19.8 Å². The van der Waals surface area contributed by atoms with E-state index in [9.17, 15) is 9.90 Å². The Morgan fingerprint density at radius 2 is 1.71 bits per heavy atom. The van der Waals surface area contributed by atoms with Crippen LogP contribution >= 0.6 is 31.9 Å². The van der Waals surface area contributed by atoms with Crippen LogP contribution in [0.3, 0.4) is 0 Å². The second kappa shape index (κ2) is 11.1. The SMILES string of the molecule is COc1cc(C(O)c2cccc(C)c2)c(Oc2c(Br)cc(OC(C)=O)cc2Br)cc1C1CCCC1. The molecule has 1 fully saturated rings. The van der Waals surface area contributed by atoms with E-state index in [0.717, 1.165) is 35.3 Å². The maximum absolute atomic E-state index is 11.4. The van der Waals surface area contributed by atoms with E-state index >= 15 is 0 Å². The van der Waals surface area contributed by atoms with Gasteiger partial charge in [-0.25, -0.2) is 0 Å². The van der Waals surface area contributed by atoms with E-state index in [1.807, 2.05) is 43.3 Å². The topological polar surface area (TPSA) is 65.0 Å².